The van der Waals surface area contributed by atoms with Gasteiger partial charge in [-0.25, -0.2) is 0 Å². The summed E-state index contributed by atoms with van der Waals surface area (Å²) in [7, 11) is 0. The molecule has 17 heavy (non-hydrogen) atoms. The van der Waals surface area contributed by atoms with E-state index in [1.165, 1.54) is 0 Å². The van der Waals surface area contributed by atoms with Gasteiger partial charge in [0.1, 0.15) is 0 Å². The summed E-state index contributed by atoms with van der Waals surface area (Å²) in [5.74, 6) is 0.480. The highest BCUT2D eigenvalue weighted by Gasteiger charge is 2.06. The molecule has 0 saturated carbocycles. The molecule has 0 radical (unpaired) electrons. The van der Waals surface area contributed by atoms with Crippen LogP contribution in [0.5, 0.6) is 0 Å². The molecule has 5 nitrogen and oxygen atoms in total. The van der Waals surface area contributed by atoms with Gasteiger partial charge in [-0.2, -0.15) is 11.8 Å². The van der Waals surface area contributed by atoms with Gasteiger partial charge in [-0.1, -0.05) is 25.6 Å². The van der Waals surface area contributed by atoms with Gasteiger partial charge in [0.2, 0.25) is 5.91 Å². The number of nitrogens with two attached hydrogens (primary N) is 4. The summed E-state index contributed by atoms with van der Waals surface area (Å²) in [6.07, 6.45) is 4.58. The minimum absolute atomic E-state index is 0.0741. The second-order valence-electron chi connectivity index (χ2n) is 3.59. The van der Waals surface area contributed by atoms with Crippen LogP contribution in [0, 0.1) is 0 Å². The molecule has 0 saturated heterocycles. The number of thioether (sulfide) groups is 1. The Kier molecular flexibility index (Phi) is 13.5. The van der Waals surface area contributed by atoms with Crippen molar-refractivity contribution in [3.8, 4) is 0 Å². The number of hydrogen-bond donors (Lipinski definition) is 4. The molecule has 0 heterocycles. The number of amides is 1. The number of thiocarbonyl (C=S) groups is 1. The van der Waals surface area contributed by atoms with Gasteiger partial charge < -0.3 is 22.9 Å². The maximum Gasteiger partial charge on any atom is 0.234 e. The lowest BCUT2D eigenvalue weighted by molar-refractivity contribution is -0.119. The zero-order valence-electron chi connectivity index (χ0n) is 10.5. The third-order valence-electron chi connectivity index (χ3n) is 1.96. The smallest absolute Gasteiger partial charge is 0.234 e. The van der Waals surface area contributed by atoms with Crippen LogP contribution in [0.15, 0.2) is 0 Å². The van der Waals surface area contributed by atoms with Gasteiger partial charge in [-0.05, 0) is 24.9 Å². The summed E-state index contributed by atoms with van der Waals surface area (Å²) in [4.78, 5) is 10.7. The highest BCUT2D eigenvalue weighted by molar-refractivity contribution is 7.98. The Morgan fingerprint density at radius 3 is 2.00 bits per heavy atom. The molecule has 1 unspecified atom stereocenters. The summed E-state index contributed by atoms with van der Waals surface area (Å²) < 4.78 is 0. The molecular weight excluding hydrogens is 256 g/mol. The first-order valence-corrected chi connectivity index (χ1v) is 7.25. The van der Waals surface area contributed by atoms with E-state index in [0.29, 0.717) is 11.4 Å². The second-order valence-corrected chi connectivity index (χ2v) is 5.04. The van der Waals surface area contributed by atoms with Crippen LogP contribution in [-0.4, -0.2) is 35.0 Å². The van der Waals surface area contributed by atoms with Gasteiger partial charge in [0.15, 0.2) is 0 Å². The Morgan fingerprint density at radius 2 is 1.76 bits per heavy atom. The predicted octanol–water partition coefficient (Wildman–Crippen LogP) is -0.0480. The van der Waals surface area contributed by atoms with Crippen molar-refractivity contribution in [3.05, 3.63) is 0 Å². The molecule has 0 fully saturated rings. The molecule has 0 aliphatic heterocycles. The summed E-state index contributed by atoms with van der Waals surface area (Å²) in [5.41, 5.74) is 20.9. The fraction of sp³-hybridized carbons (Fsp3) is 0.800. The van der Waals surface area contributed by atoms with E-state index >= 15 is 0 Å². The normalized spacial score (nSPS) is 13.2. The van der Waals surface area contributed by atoms with E-state index < -0.39 is 11.9 Å². The summed E-state index contributed by atoms with van der Waals surface area (Å²) in [6, 6.07) is -0.535. The average molecular weight is 280 g/mol. The number of carbonyl (C=O) groups excluding carboxylic acids is 1. The maximum absolute atomic E-state index is 10.3. The van der Waals surface area contributed by atoms with Crippen molar-refractivity contribution in [3.63, 3.8) is 0 Å². The van der Waals surface area contributed by atoms with Crippen LogP contribution in [0.4, 0.5) is 0 Å². The summed E-state index contributed by atoms with van der Waals surface area (Å²) in [6.45, 7) is 2.05. The topological polar surface area (TPSA) is 121 Å². The second kappa shape index (κ2) is 12.1. The van der Waals surface area contributed by atoms with Crippen LogP contribution < -0.4 is 22.9 Å². The van der Waals surface area contributed by atoms with Gasteiger partial charge in [-0.15, -0.1) is 0 Å². The van der Waals surface area contributed by atoms with Crippen LogP contribution in [0.25, 0.3) is 0 Å². The molecule has 0 rings (SSSR count). The van der Waals surface area contributed by atoms with Crippen molar-refractivity contribution < 1.29 is 4.79 Å². The molecule has 102 valence electrons. The van der Waals surface area contributed by atoms with Gasteiger partial charge in [0, 0.05) is 0 Å². The quantitative estimate of drug-likeness (QED) is 0.485. The van der Waals surface area contributed by atoms with E-state index in [1.807, 2.05) is 6.26 Å². The molecule has 8 N–H and O–H groups in total. The standard InChI is InChI=1S/C5H12N2OS.C5H12N2S/c1-9-3-2-4(6)5(7)8;1-2-3-4(6)5(7)8/h4H,2-3,6H2,1H3,(H2,7,8);4H,2-3,6H2,1H3,(H2,7,8)/t4-;/m0./s1. The Morgan fingerprint density at radius 1 is 1.24 bits per heavy atom. The average Bonchev–Trinajstić information content (AvgIpc) is 2.26. The summed E-state index contributed by atoms with van der Waals surface area (Å²) in [5, 5.41) is 0. The first-order chi connectivity index (χ1) is 7.86. The maximum atomic E-state index is 10.3. The molecule has 0 bridgehead atoms. The first-order valence-electron chi connectivity index (χ1n) is 5.45. The number of hydrogen-bond acceptors (Lipinski definition) is 5. The minimum Gasteiger partial charge on any atom is -0.392 e. The fourth-order valence-electron chi connectivity index (χ4n) is 0.840. The van der Waals surface area contributed by atoms with Crippen molar-refractivity contribution in [2.75, 3.05) is 12.0 Å². The van der Waals surface area contributed by atoms with Crippen LogP contribution >= 0.6 is 24.0 Å². The van der Waals surface area contributed by atoms with Crippen molar-refractivity contribution in [2.24, 2.45) is 22.9 Å². The number of primary amides is 1. The van der Waals surface area contributed by atoms with Gasteiger partial charge in [-0.3, -0.25) is 4.79 Å². The molecule has 0 aromatic heterocycles. The van der Waals surface area contributed by atoms with Crippen molar-refractivity contribution in [1.29, 1.82) is 0 Å². The van der Waals surface area contributed by atoms with Gasteiger partial charge >= 0.3 is 0 Å². The SMILES string of the molecule is CCCC(N)C(N)=S.CSCC[C@H](N)C(N)=O. The molecule has 0 spiro atoms. The molecule has 0 aliphatic carbocycles. The lowest BCUT2D eigenvalue weighted by Crippen LogP contribution is -2.36. The Bertz CT molecular complexity index is 226. The summed E-state index contributed by atoms with van der Waals surface area (Å²) >= 11 is 6.30. The Labute approximate surface area is 113 Å². The minimum atomic E-state index is -0.461. The molecule has 0 aromatic carbocycles. The first kappa shape index (κ1) is 19.0. The Balaban J connectivity index is 0. The lowest BCUT2D eigenvalue weighted by Gasteiger charge is -2.05. The monoisotopic (exact) mass is 280 g/mol. The fourth-order valence-corrected chi connectivity index (χ4v) is 1.45. The van der Waals surface area contributed by atoms with E-state index in [4.69, 9.17) is 22.9 Å². The highest BCUT2D eigenvalue weighted by Crippen LogP contribution is 1.97. The van der Waals surface area contributed by atoms with Gasteiger partial charge in [0.25, 0.3) is 0 Å². The zero-order valence-corrected chi connectivity index (χ0v) is 12.2. The van der Waals surface area contributed by atoms with E-state index in [-0.39, 0.29) is 6.04 Å². The molecule has 2 atom stereocenters. The molecule has 0 aliphatic rings. The third kappa shape index (κ3) is 13.6. The van der Waals surface area contributed by atoms with Crippen molar-refractivity contribution in [2.45, 2.75) is 38.3 Å². The van der Waals surface area contributed by atoms with Crippen LogP contribution in [0.3, 0.4) is 0 Å². The van der Waals surface area contributed by atoms with Crippen molar-refractivity contribution >= 4 is 34.9 Å². The number of carbonyl (C=O) groups is 1. The van der Waals surface area contributed by atoms with Crippen LogP contribution in [-0.2, 0) is 4.79 Å². The van der Waals surface area contributed by atoms with Crippen LogP contribution in [0.2, 0.25) is 0 Å². The van der Waals surface area contributed by atoms with Crippen molar-refractivity contribution in [1.82, 2.24) is 0 Å². The molecule has 0 aromatic rings. The van der Waals surface area contributed by atoms with E-state index in [2.05, 4.69) is 19.1 Å². The number of rotatable bonds is 7. The van der Waals surface area contributed by atoms with E-state index in [0.717, 1.165) is 18.6 Å². The van der Waals surface area contributed by atoms with Crippen LogP contribution in [0.1, 0.15) is 26.2 Å². The molecule has 1 amide bonds. The van der Waals surface area contributed by atoms with E-state index in [9.17, 15) is 4.79 Å². The third-order valence-corrected chi connectivity index (χ3v) is 2.91. The largest absolute Gasteiger partial charge is 0.392 e. The molecule has 7 heteroatoms. The van der Waals surface area contributed by atoms with E-state index in [1.54, 1.807) is 11.8 Å². The zero-order chi connectivity index (χ0) is 13.8. The lowest BCUT2D eigenvalue weighted by atomic mass is 10.2. The Hall–Kier alpha value is -0.370. The van der Waals surface area contributed by atoms with Gasteiger partial charge in [0.05, 0.1) is 17.1 Å². The predicted molar refractivity (Wildman–Crippen MR) is 79.8 cm³/mol. The highest BCUT2D eigenvalue weighted by atomic mass is 32.2. The molecular formula is C10H24N4OS2.